The van der Waals surface area contributed by atoms with E-state index in [9.17, 15) is 9.00 Å². The minimum absolute atomic E-state index is 0.0420. The van der Waals surface area contributed by atoms with Crippen LogP contribution in [0.1, 0.15) is 54.4 Å². The van der Waals surface area contributed by atoms with Gasteiger partial charge in [-0.05, 0) is 45.3 Å². The first-order valence-corrected chi connectivity index (χ1v) is 11.5. The van der Waals surface area contributed by atoms with Crippen molar-refractivity contribution in [3.63, 3.8) is 0 Å². The van der Waals surface area contributed by atoms with Crippen LogP contribution in [0.5, 0.6) is 0 Å². The molecule has 1 fully saturated rings. The Morgan fingerprint density at radius 2 is 1.65 bits per heavy atom. The van der Waals surface area contributed by atoms with Crippen molar-refractivity contribution >= 4 is 24.9 Å². The quantitative estimate of drug-likeness (QED) is 0.746. The zero-order valence-electron chi connectivity index (χ0n) is 14.2. The first kappa shape index (κ1) is 18.0. The minimum atomic E-state index is -1.86. The summed E-state index contributed by atoms with van der Waals surface area (Å²) >= 11 is 0. The second kappa shape index (κ2) is 5.65. The topological polar surface area (TPSA) is 43.4 Å². The first-order valence-electron chi connectivity index (χ1n) is 7.37. The van der Waals surface area contributed by atoms with Crippen molar-refractivity contribution in [3.05, 3.63) is 0 Å². The molecule has 0 aromatic rings. The minimum Gasteiger partial charge on any atom is -0.413 e. The van der Waals surface area contributed by atoms with E-state index in [0.29, 0.717) is 12.8 Å². The third kappa shape index (κ3) is 4.01. The molecule has 2 unspecified atom stereocenters. The lowest BCUT2D eigenvalue weighted by Gasteiger charge is -2.38. The summed E-state index contributed by atoms with van der Waals surface area (Å²) in [6.07, 6.45) is 1.01. The highest BCUT2D eigenvalue weighted by molar-refractivity contribution is 7.87. The Morgan fingerprint density at radius 3 is 2.05 bits per heavy atom. The number of rotatable bonds is 3. The predicted molar refractivity (Wildman–Crippen MR) is 88.0 cm³/mol. The van der Waals surface area contributed by atoms with Crippen molar-refractivity contribution in [1.29, 1.82) is 0 Å². The van der Waals surface area contributed by atoms with Crippen molar-refractivity contribution < 1.29 is 13.4 Å². The van der Waals surface area contributed by atoms with Crippen LogP contribution in [0, 0.1) is 0 Å². The van der Waals surface area contributed by atoms with Gasteiger partial charge in [0.1, 0.15) is 0 Å². The molecule has 0 spiro atoms. The third-order valence-corrected chi connectivity index (χ3v) is 11.1. The van der Waals surface area contributed by atoms with Crippen LogP contribution in [0.25, 0.3) is 0 Å². The highest BCUT2D eigenvalue weighted by atomic mass is 32.2. The summed E-state index contributed by atoms with van der Waals surface area (Å²) in [6, 6.07) is 0. The summed E-state index contributed by atoms with van der Waals surface area (Å²) < 4.78 is 18.4. The molecule has 0 saturated heterocycles. The summed E-state index contributed by atoms with van der Waals surface area (Å²) in [4.78, 5) is 12.2. The highest BCUT2D eigenvalue weighted by Gasteiger charge is 2.45. The Hall–Kier alpha value is -0.00312. The zero-order chi connectivity index (χ0) is 15.9. The standard InChI is InChI=1S/C15H30O3SSi/c1-14(2,3)19(17)13-10-11(9-12(13)16)18-20(7,8)15(4,5)6/h11,13H,9-10H2,1-8H3/t11-,13?,19?/m1/s1. The number of Topliss-reactive ketones (excluding diaryl/α,β-unsaturated/α-hetero) is 1. The molecule has 5 heteroatoms. The van der Waals surface area contributed by atoms with Crippen molar-refractivity contribution in [2.45, 2.75) is 88.6 Å². The van der Waals surface area contributed by atoms with Crippen LogP contribution >= 0.6 is 0 Å². The second-order valence-corrected chi connectivity index (χ2v) is 15.4. The second-order valence-electron chi connectivity index (χ2n) is 8.30. The van der Waals surface area contributed by atoms with Gasteiger partial charge in [0.05, 0.1) is 11.4 Å². The molecular weight excluding hydrogens is 288 g/mol. The number of hydrogen-bond acceptors (Lipinski definition) is 3. The van der Waals surface area contributed by atoms with E-state index >= 15 is 0 Å². The molecule has 0 N–H and O–H groups in total. The smallest absolute Gasteiger partial charge is 0.192 e. The van der Waals surface area contributed by atoms with Crippen molar-refractivity contribution in [3.8, 4) is 0 Å². The fourth-order valence-corrected chi connectivity index (χ4v) is 5.07. The number of carbonyl (C=O) groups excluding carboxylic acids is 1. The van der Waals surface area contributed by atoms with Gasteiger partial charge in [0, 0.05) is 22.0 Å². The van der Waals surface area contributed by atoms with Gasteiger partial charge in [0.15, 0.2) is 14.1 Å². The van der Waals surface area contributed by atoms with E-state index in [4.69, 9.17) is 4.43 Å². The molecule has 20 heavy (non-hydrogen) atoms. The molecule has 0 radical (unpaired) electrons. The Bertz CT molecular complexity index is 404. The molecule has 118 valence electrons. The van der Waals surface area contributed by atoms with E-state index in [0.717, 1.165) is 0 Å². The summed E-state index contributed by atoms with van der Waals surface area (Å²) in [6.45, 7) is 16.8. The molecule has 1 aliphatic carbocycles. The van der Waals surface area contributed by atoms with E-state index < -0.39 is 19.1 Å². The van der Waals surface area contributed by atoms with E-state index in [-0.39, 0.29) is 26.9 Å². The van der Waals surface area contributed by atoms with Gasteiger partial charge in [-0.2, -0.15) is 0 Å². The third-order valence-electron chi connectivity index (χ3n) is 4.39. The molecule has 3 nitrogen and oxygen atoms in total. The van der Waals surface area contributed by atoms with Gasteiger partial charge < -0.3 is 4.43 Å². The summed E-state index contributed by atoms with van der Waals surface area (Å²) in [5, 5.41) is -0.207. The maximum absolute atomic E-state index is 12.4. The molecule has 3 atom stereocenters. The fraction of sp³-hybridized carbons (Fsp3) is 0.933. The maximum Gasteiger partial charge on any atom is 0.192 e. The van der Waals surface area contributed by atoms with Gasteiger partial charge in [-0.25, -0.2) is 0 Å². The lowest BCUT2D eigenvalue weighted by molar-refractivity contribution is -0.117. The molecule has 0 aromatic carbocycles. The zero-order valence-corrected chi connectivity index (χ0v) is 16.0. The van der Waals surface area contributed by atoms with Crippen LogP contribution in [0.3, 0.4) is 0 Å². The lowest BCUT2D eigenvalue weighted by atomic mass is 10.2. The molecule has 0 bridgehead atoms. The molecule has 0 aromatic heterocycles. The van der Waals surface area contributed by atoms with Crippen molar-refractivity contribution in [1.82, 2.24) is 0 Å². The van der Waals surface area contributed by atoms with Crippen LogP contribution in [-0.4, -0.2) is 34.4 Å². The Labute approximate surface area is 127 Å². The van der Waals surface area contributed by atoms with E-state index in [1.165, 1.54) is 0 Å². The van der Waals surface area contributed by atoms with Gasteiger partial charge in [-0.1, -0.05) is 20.8 Å². The molecular formula is C15H30O3SSi. The largest absolute Gasteiger partial charge is 0.413 e. The van der Waals surface area contributed by atoms with Crippen LogP contribution < -0.4 is 0 Å². The van der Waals surface area contributed by atoms with Crippen molar-refractivity contribution in [2.24, 2.45) is 0 Å². The number of hydrogen-bond donors (Lipinski definition) is 0. The molecule has 1 aliphatic rings. The van der Waals surface area contributed by atoms with Gasteiger partial charge in [-0.3, -0.25) is 9.00 Å². The summed E-state index contributed by atoms with van der Waals surface area (Å²) in [5.41, 5.74) is 0. The van der Waals surface area contributed by atoms with Crippen LogP contribution in [0.2, 0.25) is 18.1 Å². The summed E-state index contributed by atoms with van der Waals surface area (Å²) in [7, 11) is -2.99. The molecule has 1 rings (SSSR count). The normalized spacial score (nSPS) is 26.9. The Balaban J connectivity index is 2.77. The van der Waals surface area contributed by atoms with Gasteiger partial charge in [0.25, 0.3) is 0 Å². The molecule has 0 heterocycles. The van der Waals surface area contributed by atoms with Crippen LogP contribution in [-0.2, 0) is 20.0 Å². The van der Waals surface area contributed by atoms with E-state index in [1.807, 2.05) is 20.8 Å². The highest BCUT2D eigenvalue weighted by Crippen LogP contribution is 2.40. The average Bonchev–Trinajstić information content (AvgIpc) is 2.54. The monoisotopic (exact) mass is 318 g/mol. The Kier molecular flexibility index (Phi) is 5.10. The van der Waals surface area contributed by atoms with Crippen LogP contribution in [0.15, 0.2) is 0 Å². The van der Waals surface area contributed by atoms with Crippen molar-refractivity contribution in [2.75, 3.05) is 0 Å². The van der Waals surface area contributed by atoms with Gasteiger partial charge in [0.2, 0.25) is 0 Å². The SMILES string of the molecule is CC(C)(C)S(=O)C1C[C@H](O[Si](C)(C)C(C)(C)C)CC1=O. The molecule has 0 amide bonds. The molecule has 0 aliphatic heterocycles. The lowest BCUT2D eigenvalue weighted by Crippen LogP contribution is -2.43. The Morgan fingerprint density at radius 1 is 1.15 bits per heavy atom. The van der Waals surface area contributed by atoms with E-state index in [1.54, 1.807) is 0 Å². The number of ketones is 1. The first-order chi connectivity index (χ1) is 8.75. The molecule has 1 saturated carbocycles. The van der Waals surface area contributed by atoms with E-state index in [2.05, 4.69) is 33.9 Å². The average molecular weight is 319 g/mol. The fourth-order valence-electron chi connectivity index (χ4n) is 2.13. The van der Waals surface area contributed by atoms with Gasteiger partial charge >= 0.3 is 0 Å². The summed E-state index contributed by atoms with van der Waals surface area (Å²) in [5.74, 6) is 0.113. The predicted octanol–water partition coefficient (Wildman–Crippen LogP) is 3.66. The van der Waals surface area contributed by atoms with Gasteiger partial charge in [-0.15, -0.1) is 0 Å². The maximum atomic E-state index is 12.4. The van der Waals surface area contributed by atoms with Crippen LogP contribution in [0.4, 0.5) is 0 Å². The number of carbonyl (C=O) groups is 1.